The van der Waals surface area contributed by atoms with Gasteiger partial charge in [-0.2, -0.15) is 0 Å². The number of hydrogen-bond donors (Lipinski definition) is 0. The third kappa shape index (κ3) is 1.98. The van der Waals surface area contributed by atoms with Gasteiger partial charge in [-0.25, -0.2) is 0 Å². The van der Waals surface area contributed by atoms with Crippen LogP contribution in [0.15, 0.2) is 42.5 Å². The molecule has 2 heteroatoms. The zero-order chi connectivity index (χ0) is 13.5. The Bertz CT molecular complexity index is 650. The highest BCUT2D eigenvalue weighted by Crippen LogP contribution is 2.45. The Morgan fingerprint density at radius 1 is 1.05 bits per heavy atom. The monoisotopic (exact) mass is 328 g/mol. The van der Waals surface area contributed by atoms with Crippen molar-refractivity contribution in [2.75, 3.05) is 6.61 Å². The van der Waals surface area contributed by atoms with Gasteiger partial charge in [0.05, 0.1) is 6.61 Å². The molecule has 1 aliphatic carbocycles. The van der Waals surface area contributed by atoms with E-state index in [4.69, 9.17) is 4.74 Å². The van der Waals surface area contributed by atoms with Crippen LogP contribution in [0.3, 0.4) is 0 Å². The average molecular weight is 329 g/mol. The number of ether oxygens (including phenoxy) is 1. The van der Waals surface area contributed by atoms with Crippen LogP contribution in [0.5, 0.6) is 5.75 Å². The molecule has 0 N–H and O–H groups in total. The minimum atomic E-state index is 0.331. The molecule has 0 aromatic heterocycles. The lowest BCUT2D eigenvalue weighted by Gasteiger charge is -2.18. The zero-order valence-electron chi connectivity index (χ0n) is 11.3. The van der Waals surface area contributed by atoms with Crippen LogP contribution in [-0.2, 0) is 12.8 Å². The van der Waals surface area contributed by atoms with E-state index in [1.165, 1.54) is 36.0 Å². The molecule has 102 valence electrons. The van der Waals surface area contributed by atoms with Gasteiger partial charge in [-0.1, -0.05) is 52.3 Å². The van der Waals surface area contributed by atoms with Crippen LogP contribution >= 0.6 is 15.9 Å². The van der Waals surface area contributed by atoms with E-state index in [0.29, 0.717) is 10.7 Å². The van der Waals surface area contributed by atoms with Crippen molar-refractivity contribution in [2.45, 2.75) is 30.0 Å². The maximum atomic E-state index is 5.82. The standard InChI is InChI=1S/C18H17BrO/c19-18(14-9-8-12-4-3-5-13(12)10-14)16-11-20-17-7-2-1-6-15(16)17/h1-2,6-10,16,18H,3-5,11H2. The molecule has 2 unspecified atom stereocenters. The molecule has 2 aromatic carbocycles. The number of para-hydroxylation sites is 1. The molecule has 2 aromatic rings. The van der Waals surface area contributed by atoms with Gasteiger partial charge in [0.1, 0.15) is 5.75 Å². The van der Waals surface area contributed by atoms with Crippen LogP contribution in [-0.4, -0.2) is 6.61 Å². The van der Waals surface area contributed by atoms with E-state index in [-0.39, 0.29) is 0 Å². The maximum absolute atomic E-state index is 5.82. The molecule has 0 bridgehead atoms. The van der Waals surface area contributed by atoms with Crippen LogP contribution in [0.25, 0.3) is 0 Å². The predicted octanol–water partition coefficient (Wildman–Crippen LogP) is 4.79. The summed E-state index contributed by atoms with van der Waals surface area (Å²) < 4.78 is 5.82. The van der Waals surface area contributed by atoms with Crippen molar-refractivity contribution in [3.05, 3.63) is 64.7 Å². The van der Waals surface area contributed by atoms with Crippen LogP contribution in [0.4, 0.5) is 0 Å². The molecule has 0 fully saturated rings. The Kier molecular flexibility index (Phi) is 3.07. The van der Waals surface area contributed by atoms with Gasteiger partial charge in [-0.3, -0.25) is 0 Å². The van der Waals surface area contributed by atoms with E-state index >= 15 is 0 Å². The van der Waals surface area contributed by atoms with E-state index in [0.717, 1.165) is 12.4 Å². The maximum Gasteiger partial charge on any atom is 0.122 e. The van der Waals surface area contributed by atoms with Gasteiger partial charge in [0.25, 0.3) is 0 Å². The summed E-state index contributed by atoms with van der Waals surface area (Å²) in [4.78, 5) is 0.331. The summed E-state index contributed by atoms with van der Waals surface area (Å²) >= 11 is 3.91. The fraction of sp³-hybridized carbons (Fsp3) is 0.333. The molecule has 0 amide bonds. The molecule has 1 aliphatic heterocycles. The van der Waals surface area contributed by atoms with Crippen molar-refractivity contribution >= 4 is 15.9 Å². The summed E-state index contributed by atoms with van der Waals surface area (Å²) in [6.45, 7) is 0.770. The van der Waals surface area contributed by atoms with Crippen molar-refractivity contribution in [1.29, 1.82) is 0 Å². The fourth-order valence-electron chi connectivity index (χ4n) is 3.43. The highest BCUT2D eigenvalue weighted by molar-refractivity contribution is 9.09. The fourth-order valence-corrected chi connectivity index (χ4v) is 4.15. The van der Waals surface area contributed by atoms with Crippen molar-refractivity contribution in [1.82, 2.24) is 0 Å². The van der Waals surface area contributed by atoms with Gasteiger partial charge < -0.3 is 4.74 Å². The molecule has 0 radical (unpaired) electrons. The van der Waals surface area contributed by atoms with Gasteiger partial charge in [0.2, 0.25) is 0 Å². The third-order valence-corrected chi connectivity index (χ3v) is 5.70. The Morgan fingerprint density at radius 3 is 2.85 bits per heavy atom. The summed E-state index contributed by atoms with van der Waals surface area (Å²) in [5.41, 5.74) is 5.79. The SMILES string of the molecule is BrC(c1ccc2c(c1)CCC2)C1COc2ccccc21. The molecule has 2 atom stereocenters. The molecule has 1 nitrogen and oxygen atoms in total. The highest BCUT2D eigenvalue weighted by atomic mass is 79.9. The van der Waals surface area contributed by atoms with Gasteiger partial charge in [0, 0.05) is 16.3 Å². The number of hydrogen-bond acceptors (Lipinski definition) is 1. The first-order valence-corrected chi connectivity index (χ1v) is 8.22. The molecule has 0 saturated heterocycles. The molecule has 0 spiro atoms. The number of alkyl halides is 1. The second-order valence-electron chi connectivity index (χ2n) is 5.74. The topological polar surface area (TPSA) is 9.23 Å². The minimum Gasteiger partial charge on any atom is -0.493 e. The van der Waals surface area contributed by atoms with Crippen molar-refractivity contribution in [3.8, 4) is 5.75 Å². The Morgan fingerprint density at radius 2 is 1.90 bits per heavy atom. The smallest absolute Gasteiger partial charge is 0.122 e. The molecule has 0 saturated carbocycles. The molecule has 4 rings (SSSR count). The number of halogens is 1. The zero-order valence-corrected chi connectivity index (χ0v) is 12.9. The summed E-state index contributed by atoms with van der Waals surface area (Å²) in [5, 5.41) is 0. The van der Waals surface area contributed by atoms with E-state index in [1.54, 1.807) is 5.56 Å². The lowest BCUT2D eigenvalue weighted by atomic mass is 9.92. The van der Waals surface area contributed by atoms with Crippen LogP contribution in [0.1, 0.15) is 39.4 Å². The first-order chi connectivity index (χ1) is 9.83. The molecule has 1 heterocycles. The Balaban J connectivity index is 1.67. The number of aryl methyl sites for hydroxylation is 2. The van der Waals surface area contributed by atoms with Crippen molar-refractivity contribution in [3.63, 3.8) is 0 Å². The third-order valence-electron chi connectivity index (χ3n) is 4.53. The summed E-state index contributed by atoms with van der Waals surface area (Å²) in [5.74, 6) is 1.45. The summed E-state index contributed by atoms with van der Waals surface area (Å²) in [7, 11) is 0. The van der Waals surface area contributed by atoms with Crippen LogP contribution in [0, 0.1) is 0 Å². The van der Waals surface area contributed by atoms with E-state index in [9.17, 15) is 0 Å². The Labute approximate surface area is 128 Å². The molecular weight excluding hydrogens is 312 g/mol. The number of benzene rings is 2. The number of fused-ring (bicyclic) bond motifs is 2. The first kappa shape index (κ1) is 12.5. The van der Waals surface area contributed by atoms with Crippen molar-refractivity contribution < 1.29 is 4.74 Å². The van der Waals surface area contributed by atoms with Gasteiger partial charge in [-0.15, -0.1) is 0 Å². The van der Waals surface area contributed by atoms with Gasteiger partial charge in [0.15, 0.2) is 0 Å². The Hall–Kier alpha value is -1.28. The predicted molar refractivity (Wildman–Crippen MR) is 84.8 cm³/mol. The summed E-state index contributed by atoms with van der Waals surface area (Å²) in [6, 6.07) is 15.4. The molecule has 20 heavy (non-hydrogen) atoms. The molecule has 2 aliphatic rings. The largest absolute Gasteiger partial charge is 0.493 e. The van der Waals surface area contributed by atoms with E-state index in [2.05, 4.69) is 52.3 Å². The van der Waals surface area contributed by atoms with Crippen molar-refractivity contribution in [2.24, 2.45) is 0 Å². The first-order valence-electron chi connectivity index (χ1n) is 7.30. The quantitative estimate of drug-likeness (QED) is 0.720. The van der Waals surface area contributed by atoms with E-state index < -0.39 is 0 Å². The lowest BCUT2D eigenvalue weighted by Crippen LogP contribution is -2.08. The minimum absolute atomic E-state index is 0.331. The normalized spacial score (nSPS) is 21.1. The van der Waals surface area contributed by atoms with Gasteiger partial charge in [-0.05, 0) is 42.0 Å². The second-order valence-corrected chi connectivity index (χ2v) is 6.73. The second kappa shape index (κ2) is 4.92. The average Bonchev–Trinajstić information content (AvgIpc) is 3.12. The lowest BCUT2D eigenvalue weighted by molar-refractivity contribution is 0.329. The van der Waals surface area contributed by atoms with Crippen LogP contribution < -0.4 is 4.74 Å². The summed E-state index contributed by atoms with van der Waals surface area (Å²) in [6.07, 6.45) is 3.79. The van der Waals surface area contributed by atoms with Gasteiger partial charge >= 0.3 is 0 Å². The highest BCUT2D eigenvalue weighted by Gasteiger charge is 2.31. The number of rotatable bonds is 2. The van der Waals surface area contributed by atoms with Crippen LogP contribution in [0.2, 0.25) is 0 Å². The van der Waals surface area contributed by atoms with E-state index in [1.807, 2.05) is 6.07 Å². The molecular formula is C18H17BrO.